The summed E-state index contributed by atoms with van der Waals surface area (Å²) in [5.41, 5.74) is 1.98. The van der Waals surface area contributed by atoms with Gasteiger partial charge in [-0.25, -0.2) is 4.79 Å². The predicted molar refractivity (Wildman–Crippen MR) is 110 cm³/mol. The van der Waals surface area contributed by atoms with Crippen LogP contribution in [0.5, 0.6) is 0 Å². The number of carbonyl (C=O) groups excluding carboxylic acids is 2. The fourth-order valence-corrected chi connectivity index (χ4v) is 3.09. The fraction of sp³-hybridized carbons (Fsp3) is 0.0870. The third-order valence-corrected chi connectivity index (χ3v) is 4.74. The molecule has 0 aliphatic rings. The number of hydrogen-bond donors (Lipinski definition) is 2. The lowest BCUT2D eigenvalue weighted by molar-refractivity contribution is -0.139. The number of carbonyl (C=O) groups is 3. The molecule has 3 aromatic carbocycles. The summed E-state index contributed by atoms with van der Waals surface area (Å²) in [6.07, 6.45) is 0.0747. The van der Waals surface area contributed by atoms with Crippen LogP contribution in [-0.4, -0.2) is 28.8 Å². The van der Waals surface area contributed by atoms with Gasteiger partial charge in [0, 0.05) is 17.5 Å². The molecule has 0 saturated carbocycles. The van der Waals surface area contributed by atoms with E-state index < -0.39 is 17.9 Å². The third-order valence-electron chi connectivity index (χ3n) is 4.41. The van der Waals surface area contributed by atoms with Crippen LogP contribution < -0.4 is 5.32 Å². The minimum Gasteiger partial charge on any atom is -0.480 e. The van der Waals surface area contributed by atoms with Gasteiger partial charge in [-0.3, -0.25) is 9.59 Å². The van der Waals surface area contributed by atoms with Gasteiger partial charge in [0.05, 0.1) is 10.6 Å². The van der Waals surface area contributed by atoms with Crippen molar-refractivity contribution in [2.75, 3.05) is 0 Å². The van der Waals surface area contributed by atoms with E-state index in [1.165, 1.54) is 6.07 Å². The van der Waals surface area contributed by atoms with Crippen LogP contribution in [0.1, 0.15) is 31.8 Å². The lowest BCUT2D eigenvalue weighted by atomic mass is 9.99. The van der Waals surface area contributed by atoms with E-state index >= 15 is 0 Å². The van der Waals surface area contributed by atoms with E-state index in [9.17, 15) is 19.5 Å². The van der Waals surface area contributed by atoms with Crippen molar-refractivity contribution in [1.82, 2.24) is 5.32 Å². The second-order valence-corrected chi connectivity index (χ2v) is 6.85. The number of carboxylic acid groups (broad SMARTS) is 1. The van der Waals surface area contributed by atoms with Crippen LogP contribution in [0.25, 0.3) is 0 Å². The Morgan fingerprint density at radius 1 is 0.828 bits per heavy atom. The molecule has 2 N–H and O–H groups in total. The highest BCUT2D eigenvalue weighted by Crippen LogP contribution is 2.16. The quantitative estimate of drug-likeness (QED) is 0.580. The molecule has 0 saturated heterocycles. The molecule has 1 atom stereocenters. The number of hydrogen-bond acceptors (Lipinski definition) is 3. The molecule has 0 bridgehead atoms. The zero-order valence-electron chi connectivity index (χ0n) is 15.3. The minimum absolute atomic E-state index is 0.0747. The van der Waals surface area contributed by atoms with Gasteiger partial charge in [0.25, 0.3) is 5.91 Å². The summed E-state index contributed by atoms with van der Waals surface area (Å²) in [5.74, 6) is -1.83. The number of amides is 1. The van der Waals surface area contributed by atoms with Gasteiger partial charge in [-0.2, -0.15) is 0 Å². The van der Waals surface area contributed by atoms with Crippen molar-refractivity contribution in [3.05, 3.63) is 106 Å². The lowest BCUT2D eigenvalue weighted by Gasteiger charge is -2.15. The molecule has 146 valence electrons. The largest absolute Gasteiger partial charge is 0.480 e. The molecule has 5 nitrogen and oxygen atoms in total. The summed E-state index contributed by atoms with van der Waals surface area (Å²) >= 11 is 6.00. The van der Waals surface area contributed by atoms with E-state index in [1.807, 2.05) is 6.07 Å². The van der Waals surface area contributed by atoms with Gasteiger partial charge < -0.3 is 10.4 Å². The summed E-state index contributed by atoms with van der Waals surface area (Å²) in [6, 6.07) is 20.9. The molecule has 0 spiro atoms. The SMILES string of the molecule is O=C(c1ccccc1)c1ccc(C[C@@H](NC(=O)c2ccccc2Cl)C(=O)O)cc1. The van der Waals surface area contributed by atoms with Crippen LogP contribution >= 0.6 is 11.6 Å². The molecule has 1 amide bonds. The molecule has 0 aromatic heterocycles. The molecule has 3 aromatic rings. The smallest absolute Gasteiger partial charge is 0.326 e. The van der Waals surface area contributed by atoms with Crippen LogP contribution in [0, 0.1) is 0 Å². The molecule has 6 heteroatoms. The van der Waals surface area contributed by atoms with Gasteiger partial charge in [0.2, 0.25) is 0 Å². The van der Waals surface area contributed by atoms with Crippen LogP contribution in [0.4, 0.5) is 0 Å². The topological polar surface area (TPSA) is 83.5 Å². The Morgan fingerprint density at radius 2 is 1.41 bits per heavy atom. The van der Waals surface area contributed by atoms with E-state index in [-0.39, 0.29) is 22.8 Å². The standard InChI is InChI=1S/C23H18ClNO4/c24-19-9-5-4-8-18(19)22(27)25-20(23(28)29)14-15-10-12-17(13-11-15)21(26)16-6-2-1-3-7-16/h1-13,20H,14H2,(H,25,27)(H,28,29)/t20-/m1/s1. The molecule has 0 unspecified atom stereocenters. The van der Waals surface area contributed by atoms with E-state index in [2.05, 4.69) is 5.32 Å². The van der Waals surface area contributed by atoms with Crippen molar-refractivity contribution in [3.63, 3.8) is 0 Å². The highest BCUT2D eigenvalue weighted by atomic mass is 35.5. The van der Waals surface area contributed by atoms with Crippen LogP contribution in [0.3, 0.4) is 0 Å². The second-order valence-electron chi connectivity index (χ2n) is 6.44. The molecule has 0 aliphatic carbocycles. The molecular weight excluding hydrogens is 390 g/mol. The molecule has 0 heterocycles. The number of nitrogens with one attached hydrogen (secondary N) is 1. The highest BCUT2D eigenvalue weighted by Gasteiger charge is 2.22. The van der Waals surface area contributed by atoms with E-state index in [0.717, 1.165) is 0 Å². The maximum atomic E-state index is 12.5. The average Bonchev–Trinajstić information content (AvgIpc) is 2.74. The van der Waals surface area contributed by atoms with Gasteiger partial charge in [0.1, 0.15) is 6.04 Å². The Balaban J connectivity index is 1.71. The number of halogens is 1. The summed E-state index contributed by atoms with van der Waals surface area (Å²) in [4.78, 5) is 36.4. The van der Waals surface area contributed by atoms with Crippen molar-refractivity contribution >= 4 is 29.3 Å². The average molecular weight is 408 g/mol. The number of rotatable bonds is 7. The summed E-state index contributed by atoms with van der Waals surface area (Å²) in [5, 5.41) is 12.2. The zero-order chi connectivity index (χ0) is 20.8. The van der Waals surface area contributed by atoms with Gasteiger partial charge in [0.15, 0.2) is 5.78 Å². The number of benzene rings is 3. The van der Waals surface area contributed by atoms with Gasteiger partial charge in [-0.15, -0.1) is 0 Å². The molecular formula is C23H18ClNO4. The Labute approximate surface area is 173 Å². The van der Waals surface area contributed by atoms with Crippen LogP contribution in [0.2, 0.25) is 5.02 Å². The number of carboxylic acids is 1. The summed E-state index contributed by atoms with van der Waals surface area (Å²) in [7, 11) is 0. The zero-order valence-corrected chi connectivity index (χ0v) is 16.1. The van der Waals surface area contributed by atoms with E-state index in [4.69, 9.17) is 11.6 Å². The summed E-state index contributed by atoms with van der Waals surface area (Å²) < 4.78 is 0. The normalized spacial score (nSPS) is 11.5. The monoisotopic (exact) mass is 407 g/mol. The van der Waals surface area contributed by atoms with Crippen molar-refractivity contribution in [3.8, 4) is 0 Å². The molecule has 0 fully saturated rings. The molecule has 0 radical (unpaired) electrons. The van der Waals surface area contributed by atoms with Crippen molar-refractivity contribution < 1.29 is 19.5 Å². The van der Waals surface area contributed by atoms with Crippen LogP contribution in [0.15, 0.2) is 78.9 Å². The Morgan fingerprint density at radius 3 is 2.03 bits per heavy atom. The molecule has 3 rings (SSSR count). The maximum Gasteiger partial charge on any atom is 0.326 e. The second kappa shape index (κ2) is 9.17. The maximum absolute atomic E-state index is 12.5. The van der Waals surface area contributed by atoms with E-state index in [1.54, 1.807) is 66.7 Å². The van der Waals surface area contributed by atoms with Gasteiger partial charge >= 0.3 is 5.97 Å². The fourth-order valence-electron chi connectivity index (χ4n) is 2.87. The first-order valence-electron chi connectivity index (χ1n) is 8.92. The van der Waals surface area contributed by atoms with Crippen LogP contribution in [-0.2, 0) is 11.2 Å². The van der Waals surface area contributed by atoms with Crippen molar-refractivity contribution in [2.45, 2.75) is 12.5 Å². The minimum atomic E-state index is -1.16. The van der Waals surface area contributed by atoms with Crippen molar-refractivity contribution in [2.24, 2.45) is 0 Å². The molecule has 29 heavy (non-hydrogen) atoms. The lowest BCUT2D eigenvalue weighted by Crippen LogP contribution is -2.42. The number of ketones is 1. The highest BCUT2D eigenvalue weighted by molar-refractivity contribution is 6.33. The first-order valence-corrected chi connectivity index (χ1v) is 9.30. The first-order chi connectivity index (χ1) is 14.0. The first kappa shape index (κ1) is 20.3. The Hall–Kier alpha value is -3.44. The predicted octanol–water partition coefficient (Wildman–Crippen LogP) is 4.00. The Bertz CT molecular complexity index is 1030. The summed E-state index contributed by atoms with van der Waals surface area (Å²) in [6.45, 7) is 0. The van der Waals surface area contributed by atoms with Gasteiger partial charge in [-0.1, -0.05) is 78.3 Å². The van der Waals surface area contributed by atoms with Gasteiger partial charge in [-0.05, 0) is 17.7 Å². The van der Waals surface area contributed by atoms with E-state index in [0.29, 0.717) is 16.7 Å². The Kier molecular flexibility index (Phi) is 6.42. The third kappa shape index (κ3) is 5.09. The number of aliphatic carboxylic acids is 1. The van der Waals surface area contributed by atoms with Crippen molar-refractivity contribution in [1.29, 1.82) is 0 Å². The molecule has 0 aliphatic heterocycles.